The maximum absolute atomic E-state index is 13.4. The molecular formula is C9H8F4N2O2. The van der Waals surface area contributed by atoms with Crippen LogP contribution in [0.25, 0.3) is 0 Å². The van der Waals surface area contributed by atoms with Gasteiger partial charge in [0, 0.05) is 11.6 Å². The van der Waals surface area contributed by atoms with E-state index >= 15 is 0 Å². The average molecular weight is 252 g/mol. The fourth-order valence-corrected chi connectivity index (χ4v) is 1.24. The number of nitrogens with zero attached hydrogens (tertiary/aromatic N) is 1. The van der Waals surface area contributed by atoms with Crippen LogP contribution in [0.1, 0.15) is 5.56 Å². The van der Waals surface area contributed by atoms with Crippen LogP contribution in [0.5, 0.6) is 0 Å². The van der Waals surface area contributed by atoms with E-state index in [1.54, 1.807) is 0 Å². The van der Waals surface area contributed by atoms with Gasteiger partial charge < -0.3 is 5.73 Å². The quantitative estimate of drug-likeness (QED) is 0.506. The minimum atomic E-state index is -2.96. The highest BCUT2D eigenvalue weighted by molar-refractivity contribution is 5.38. The van der Waals surface area contributed by atoms with Crippen LogP contribution in [0.3, 0.4) is 0 Å². The van der Waals surface area contributed by atoms with Gasteiger partial charge in [-0.2, -0.15) is 4.39 Å². The van der Waals surface area contributed by atoms with E-state index in [-0.39, 0.29) is 0 Å². The molecule has 1 unspecified atom stereocenters. The molecule has 1 rings (SSSR count). The van der Waals surface area contributed by atoms with E-state index in [2.05, 4.69) is 0 Å². The van der Waals surface area contributed by atoms with Crippen LogP contribution in [0.15, 0.2) is 12.1 Å². The van der Waals surface area contributed by atoms with E-state index in [0.717, 1.165) is 0 Å². The van der Waals surface area contributed by atoms with Crippen molar-refractivity contribution in [2.24, 2.45) is 5.73 Å². The Morgan fingerprint density at radius 3 is 2.41 bits per heavy atom. The van der Waals surface area contributed by atoms with Gasteiger partial charge in [-0.05, 0) is 12.5 Å². The second-order valence-electron chi connectivity index (χ2n) is 3.32. The third-order valence-electron chi connectivity index (χ3n) is 2.13. The third-order valence-corrected chi connectivity index (χ3v) is 2.13. The monoisotopic (exact) mass is 252 g/mol. The van der Waals surface area contributed by atoms with Gasteiger partial charge in [-0.25, -0.2) is 13.2 Å². The zero-order valence-corrected chi connectivity index (χ0v) is 8.37. The Morgan fingerprint density at radius 1 is 1.35 bits per heavy atom. The molecular weight excluding hydrogens is 244 g/mol. The molecule has 0 bridgehead atoms. The molecule has 0 spiro atoms. The number of halogens is 4. The number of nitro benzene ring substituents is 1. The van der Waals surface area contributed by atoms with Crippen molar-refractivity contribution in [1.82, 2.24) is 0 Å². The van der Waals surface area contributed by atoms with Crippen LogP contribution in [0.4, 0.5) is 23.2 Å². The third kappa shape index (κ3) is 2.90. The van der Waals surface area contributed by atoms with Crippen LogP contribution < -0.4 is 5.73 Å². The summed E-state index contributed by atoms with van der Waals surface area (Å²) in [5, 5.41) is 10.4. The van der Waals surface area contributed by atoms with Gasteiger partial charge in [0.1, 0.15) is 5.82 Å². The van der Waals surface area contributed by atoms with Gasteiger partial charge in [0.05, 0.1) is 11.0 Å². The van der Waals surface area contributed by atoms with E-state index in [9.17, 15) is 27.7 Å². The Labute approximate surface area is 93.2 Å². The molecule has 0 amide bonds. The van der Waals surface area contributed by atoms with E-state index in [1.165, 1.54) is 0 Å². The summed E-state index contributed by atoms with van der Waals surface area (Å²) in [7, 11) is 0. The lowest BCUT2D eigenvalue weighted by atomic mass is 10.0. The molecule has 1 aromatic carbocycles. The maximum Gasteiger partial charge on any atom is 0.305 e. The first-order valence-electron chi connectivity index (χ1n) is 4.49. The van der Waals surface area contributed by atoms with Gasteiger partial charge in [0.25, 0.3) is 6.43 Å². The molecule has 0 aromatic heterocycles. The Bertz CT molecular complexity index is 439. The van der Waals surface area contributed by atoms with E-state index in [1.807, 2.05) is 0 Å². The summed E-state index contributed by atoms with van der Waals surface area (Å²) in [6.07, 6.45) is -3.77. The molecule has 0 fully saturated rings. The van der Waals surface area contributed by atoms with Gasteiger partial charge in [-0.3, -0.25) is 10.1 Å². The average Bonchev–Trinajstić information content (AvgIpc) is 2.22. The Morgan fingerprint density at radius 2 is 1.94 bits per heavy atom. The fourth-order valence-electron chi connectivity index (χ4n) is 1.24. The molecule has 0 aliphatic rings. The van der Waals surface area contributed by atoms with Crippen LogP contribution in [0, 0.1) is 21.7 Å². The van der Waals surface area contributed by atoms with Gasteiger partial charge in [-0.15, -0.1) is 0 Å². The number of rotatable bonds is 4. The van der Waals surface area contributed by atoms with Crippen LogP contribution in [-0.4, -0.2) is 17.4 Å². The number of hydrogen-bond donors (Lipinski definition) is 1. The van der Waals surface area contributed by atoms with Crippen molar-refractivity contribution in [2.75, 3.05) is 0 Å². The largest absolute Gasteiger partial charge is 0.323 e. The lowest BCUT2D eigenvalue weighted by Gasteiger charge is -2.11. The van der Waals surface area contributed by atoms with Crippen molar-refractivity contribution < 1.29 is 22.5 Å². The van der Waals surface area contributed by atoms with E-state index < -0.39 is 46.7 Å². The fraction of sp³-hybridized carbons (Fsp3) is 0.333. The molecule has 0 aliphatic carbocycles. The van der Waals surface area contributed by atoms with Gasteiger partial charge in [0.15, 0.2) is 0 Å². The first kappa shape index (κ1) is 13.4. The van der Waals surface area contributed by atoms with E-state index in [0.29, 0.717) is 12.1 Å². The van der Waals surface area contributed by atoms with Crippen molar-refractivity contribution in [1.29, 1.82) is 0 Å². The number of benzene rings is 1. The summed E-state index contributed by atoms with van der Waals surface area (Å²) >= 11 is 0. The van der Waals surface area contributed by atoms with Gasteiger partial charge in [-0.1, -0.05) is 0 Å². The molecule has 4 nitrogen and oxygen atoms in total. The molecule has 0 radical (unpaired) electrons. The first-order chi connectivity index (χ1) is 7.84. The second-order valence-corrected chi connectivity index (χ2v) is 3.32. The molecule has 1 aromatic rings. The first-order valence-corrected chi connectivity index (χ1v) is 4.49. The standard InChI is InChI=1S/C9H8F4N2O2/c10-5-1-2-7(15(16)17)8(11)4(5)3-6(14)9(12)13/h1-2,6,9H,3,14H2. The molecule has 0 saturated carbocycles. The Kier molecular flexibility index (Phi) is 4.00. The van der Waals surface area contributed by atoms with Crippen molar-refractivity contribution in [2.45, 2.75) is 18.9 Å². The topological polar surface area (TPSA) is 69.2 Å². The molecule has 17 heavy (non-hydrogen) atoms. The van der Waals surface area contributed by atoms with Crippen LogP contribution in [-0.2, 0) is 6.42 Å². The summed E-state index contributed by atoms with van der Waals surface area (Å²) in [6, 6.07) is -0.502. The second kappa shape index (κ2) is 5.09. The van der Waals surface area contributed by atoms with Gasteiger partial charge in [0.2, 0.25) is 5.82 Å². The maximum atomic E-state index is 13.4. The minimum absolute atomic E-state index is 0.627. The smallest absolute Gasteiger partial charge is 0.305 e. The van der Waals surface area contributed by atoms with Crippen LogP contribution >= 0.6 is 0 Å². The molecule has 2 N–H and O–H groups in total. The number of nitrogens with two attached hydrogens (primary N) is 1. The highest BCUT2D eigenvalue weighted by atomic mass is 19.3. The number of alkyl halides is 2. The molecule has 94 valence electrons. The number of nitro groups is 1. The Balaban J connectivity index is 3.14. The summed E-state index contributed by atoms with van der Waals surface area (Å²) in [6.45, 7) is 0. The number of hydrogen-bond acceptors (Lipinski definition) is 3. The summed E-state index contributed by atoms with van der Waals surface area (Å²) < 4.78 is 50.8. The SMILES string of the molecule is NC(Cc1c(F)ccc([N+](=O)[O-])c1F)C(F)F. The zero-order valence-electron chi connectivity index (χ0n) is 8.37. The highest BCUT2D eigenvalue weighted by Gasteiger charge is 2.25. The van der Waals surface area contributed by atoms with Crippen LogP contribution in [0.2, 0.25) is 0 Å². The predicted molar refractivity (Wildman–Crippen MR) is 50.7 cm³/mol. The van der Waals surface area contributed by atoms with Crippen molar-refractivity contribution in [3.8, 4) is 0 Å². The molecule has 0 saturated heterocycles. The summed E-state index contributed by atoms with van der Waals surface area (Å²) in [4.78, 5) is 9.31. The Hall–Kier alpha value is -1.70. The van der Waals surface area contributed by atoms with E-state index in [4.69, 9.17) is 5.73 Å². The zero-order chi connectivity index (χ0) is 13.2. The lowest BCUT2D eigenvalue weighted by molar-refractivity contribution is -0.387. The molecule has 0 heterocycles. The predicted octanol–water partition coefficient (Wildman–Crippen LogP) is 2.01. The van der Waals surface area contributed by atoms with Gasteiger partial charge >= 0.3 is 5.69 Å². The normalized spacial score (nSPS) is 12.8. The van der Waals surface area contributed by atoms with Crippen molar-refractivity contribution in [3.05, 3.63) is 39.4 Å². The van der Waals surface area contributed by atoms with Crippen molar-refractivity contribution >= 4 is 5.69 Å². The molecule has 8 heteroatoms. The summed E-state index contributed by atoms with van der Waals surface area (Å²) in [5.41, 5.74) is 3.19. The molecule has 1 atom stereocenters. The minimum Gasteiger partial charge on any atom is -0.323 e. The molecule has 0 aliphatic heterocycles. The highest BCUT2D eigenvalue weighted by Crippen LogP contribution is 2.24. The lowest BCUT2D eigenvalue weighted by Crippen LogP contribution is -2.31. The summed E-state index contributed by atoms with van der Waals surface area (Å²) in [5.74, 6) is -2.60. The van der Waals surface area contributed by atoms with Crippen molar-refractivity contribution in [3.63, 3.8) is 0 Å².